The number of carbonyl (C=O) groups excluding carboxylic acids is 1. The monoisotopic (exact) mass is 302 g/mol. The maximum atomic E-state index is 12.1. The summed E-state index contributed by atoms with van der Waals surface area (Å²) in [6.07, 6.45) is 0.629. The summed E-state index contributed by atoms with van der Waals surface area (Å²) in [5, 5.41) is 0. The molecule has 1 aliphatic heterocycles. The van der Waals surface area contributed by atoms with Crippen molar-refractivity contribution in [3.8, 4) is 0 Å². The van der Waals surface area contributed by atoms with Gasteiger partial charge in [0.15, 0.2) is 0 Å². The molecule has 1 aliphatic rings. The molecule has 118 valence electrons. The molecule has 1 aromatic heterocycles. The molecule has 0 radical (unpaired) electrons. The SMILES string of the molecule is CC(C)(C)OC(=O)N1CCC(c2nc3ccc(N)cc3[nH]2)C1. The average molecular weight is 302 g/mol. The number of aromatic nitrogens is 2. The minimum Gasteiger partial charge on any atom is -0.444 e. The number of rotatable bonds is 1. The van der Waals surface area contributed by atoms with Gasteiger partial charge in [-0.15, -0.1) is 0 Å². The quantitative estimate of drug-likeness (QED) is 0.793. The van der Waals surface area contributed by atoms with Gasteiger partial charge >= 0.3 is 6.09 Å². The summed E-state index contributed by atoms with van der Waals surface area (Å²) >= 11 is 0. The fraction of sp³-hybridized carbons (Fsp3) is 0.500. The average Bonchev–Trinajstić information content (AvgIpc) is 3.02. The summed E-state index contributed by atoms with van der Waals surface area (Å²) in [5.41, 5.74) is 7.87. The van der Waals surface area contributed by atoms with Crippen molar-refractivity contribution in [3.63, 3.8) is 0 Å². The Hall–Kier alpha value is -2.24. The van der Waals surface area contributed by atoms with Gasteiger partial charge in [-0.3, -0.25) is 0 Å². The van der Waals surface area contributed by atoms with Crippen LogP contribution in [0.2, 0.25) is 0 Å². The molecule has 3 rings (SSSR count). The Labute approximate surface area is 129 Å². The molecule has 1 unspecified atom stereocenters. The van der Waals surface area contributed by atoms with Crippen molar-refractivity contribution in [2.45, 2.75) is 38.7 Å². The highest BCUT2D eigenvalue weighted by Gasteiger charge is 2.31. The zero-order chi connectivity index (χ0) is 15.9. The minimum atomic E-state index is -0.466. The van der Waals surface area contributed by atoms with Crippen LogP contribution in [0.5, 0.6) is 0 Å². The third kappa shape index (κ3) is 3.00. The maximum Gasteiger partial charge on any atom is 0.410 e. The second-order valence-corrected chi connectivity index (χ2v) is 6.81. The molecule has 22 heavy (non-hydrogen) atoms. The zero-order valence-electron chi connectivity index (χ0n) is 13.2. The van der Waals surface area contributed by atoms with E-state index in [4.69, 9.17) is 10.5 Å². The van der Waals surface area contributed by atoms with Gasteiger partial charge in [-0.1, -0.05) is 0 Å². The normalized spacial score (nSPS) is 18.9. The topological polar surface area (TPSA) is 84.2 Å². The number of fused-ring (bicyclic) bond motifs is 1. The molecule has 0 saturated carbocycles. The molecule has 6 nitrogen and oxygen atoms in total. The lowest BCUT2D eigenvalue weighted by Crippen LogP contribution is -2.35. The predicted molar refractivity (Wildman–Crippen MR) is 85.7 cm³/mol. The van der Waals surface area contributed by atoms with Gasteiger partial charge in [0.05, 0.1) is 11.0 Å². The van der Waals surface area contributed by atoms with Gasteiger partial charge in [0.2, 0.25) is 0 Å². The van der Waals surface area contributed by atoms with Crippen molar-refractivity contribution in [2.24, 2.45) is 0 Å². The van der Waals surface area contributed by atoms with Crippen LogP contribution in [0.1, 0.15) is 38.9 Å². The van der Waals surface area contributed by atoms with Crippen molar-refractivity contribution in [2.75, 3.05) is 18.8 Å². The third-order valence-corrected chi connectivity index (χ3v) is 3.75. The highest BCUT2D eigenvalue weighted by Crippen LogP contribution is 2.28. The predicted octanol–water partition coefficient (Wildman–Crippen LogP) is 2.87. The molecule has 0 bridgehead atoms. The molecule has 2 aromatic rings. The van der Waals surface area contributed by atoms with Crippen molar-refractivity contribution in [1.82, 2.24) is 14.9 Å². The number of imidazole rings is 1. The summed E-state index contributed by atoms with van der Waals surface area (Å²) in [6, 6.07) is 5.63. The number of aromatic amines is 1. The highest BCUT2D eigenvalue weighted by atomic mass is 16.6. The number of nitrogens with one attached hydrogen (secondary N) is 1. The molecule has 1 saturated heterocycles. The van der Waals surface area contributed by atoms with E-state index in [1.807, 2.05) is 39.0 Å². The van der Waals surface area contributed by atoms with Gasteiger partial charge in [0.1, 0.15) is 11.4 Å². The summed E-state index contributed by atoms with van der Waals surface area (Å²) in [7, 11) is 0. The molecular weight excluding hydrogens is 280 g/mol. The first-order valence-corrected chi connectivity index (χ1v) is 7.55. The first-order chi connectivity index (χ1) is 10.3. The Bertz CT molecular complexity index is 702. The molecule has 6 heteroatoms. The Morgan fingerprint density at radius 2 is 2.23 bits per heavy atom. The van der Waals surface area contributed by atoms with E-state index in [0.717, 1.165) is 23.3 Å². The number of benzene rings is 1. The van der Waals surface area contributed by atoms with Crippen molar-refractivity contribution >= 4 is 22.8 Å². The van der Waals surface area contributed by atoms with Gasteiger partial charge < -0.3 is 20.4 Å². The number of hydrogen-bond donors (Lipinski definition) is 2. The van der Waals surface area contributed by atoms with Crippen LogP contribution in [0.3, 0.4) is 0 Å². The third-order valence-electron chi connectivity index (χ3n) is 3.75. The number of likely N-dealkylation sites (tertiary alicyclic amines) is 1. The highest BCUT2D eigenvalue weighted by molar-refractivity contribution is 5.79. The van der Waals surface area contributed by atoms with Gasteiger partial charge in [0.25, 0.3) is 0 Å². The number of hydrogen-bond acceptors (Lipinski definition) is 4. The van der Waals surface area contributed by atoms with E-state index in [1.165, 1.54) is 0 Å². The summed E-state index contributed by atoms with van der Waals surface area (Å²) < 4.78 is 5.42. The van der Waals surface area contributed by atoms with Crippen molar-refractivity contribution in [3.05, 3.63) is 24.0 Å². The lowest BCUT2D eigenvalue weighted by Gasteiger charge is -2.24. The van der Waals surface area contributed by atoms with E-state index < -0.39 is 5.60 Å². The van der Waals surface area contributed by atoms with Crippen LogP contribution >= 0.6 is 0 Å². The number of ether oxygens (including phenoxy) is 1. The van der Waals surface area contributed by atoms with E-state index in [2.05, 4.69) is 9.97 Å². The van der Waals surface area contributed by atoms with Crippen LogP contribution in [0.25, 0.3) is 11.0 Å². The number of nitrogens with two attached hydrogens (primary N) is 1. The van der Waals surface area contributed by atoms with Gasteiger partial charge in [0, 0.05) is 24.7 Å². The van der Waals surface area contributed by atoms with Crippen LogP contribution in [-0.4, -0.2) is 39.7 Å². The Morgan fingerprint density at radius 3 is 2.95 bits per heavy atom. The molecule has 1 fully saturated rings. The van der Waals surface area contributed by atoms with Crippen molar-refractivity contribution in [1.29, 1.82) is 0 Å². The second kappa shape index (κ2) is 5.19. The Kier molecular flexibility index (Phi) is 3.47. The van der Waals surface area contributed by atoms with Gasteiger partial charge in [-0.05, 0) is 45.4 Å². The molecule has 1 atom stereocenters. The van der Waals surface area contributed by atoms with Crippen LogP contribution < -0.4 is 5.73 Å². The lowest BCUT2D eigenvalue weighted by molar-refractivity contribution is 0.0292. The zero-order valence-corrected chi connectivity index (χ0v) is 13.2. The summed E-state index contributed by atoms with van der Waals surface area (Å²) in [4.78, 5) is 21.8. The van der Waals surface area contributed by atoms with Crippen molar-refractivity contribution < 1.29 is 9.53 Å². The number of anilines is 1. The molecule has 2 heterocycles. The van der Waals surface area contributed by atoms with Gasteiger partial charge in [-0.2, -0.15) is 0 Å². The van der Waals surface area contributed by atoms with E-state index >= 15 is 0 Å². The van der Waals surface area contributed by atoms with E-state index in [-0.39, 0.29) is 12.0 Å². The summed E-state index contributed by atoms with van der Waals surface area (Å²) in [6.45, 7) is 6.95. The number of carbonyl (C=O) groups is 1. The fourth-order valence-electron chi connectivity index (χ4n) is 2.72. The van der Waals surface area contributed by atoms with E-state index in [1.54, 1.807) is 4.90 Å². The molecule has 0 aliphatic carbocycles. The van der Waals surface area contributed by atoms with Crippen LogP contribution in [0.15, 0.2) is 18.2 Å². The first kappa shape index (κ1) is 14.7. The van der Waals surface area contributed by atoms with Gasteiger partial charge in [-0.25, -0.2) is 9.78 Å². The minimum absolute atomic E-state index is 0.209. The number of H-pyrrole nitrogens is 1. The van der Waals surface area contributed by atoms with Crippen LogP contribution in [0, 0.1) is 0 Å². The Morgan fingerprint density at radius 1 is 1.45 bits per heavy atom. The first-order valence-electron chi connectivity index (χ1n) is 7.55. The fourth-order valence-corrected chi connectivity index (χ4v) is 2.72. The molecule has 1 aromatic carbocycles. The van der Waals surface area contributed by atoms with E-state index in [9.17, 15) is 4.79 Å². The Balaban J connectivity index is 1.72. The second-order valence-electron chi connectivity index (χ2n) is 6.81. The summed E-state index contributed by atoms with van der Waals surface area (Å²) in [5.74, 6) is 1.12. The van der Waals surface area contributed by atoms with Crippen LogP contribution in [-0.2, 0) is 4.74 Å². The standard InChI is InChI=1S/C16H22N4O2/c1-16(2,3)22-15(21)20-7-6-10(9-20)14-18-12-5-4-11(17)8-13(12)19-14/h4-5,8,10H,6-7,9,17H2,1-3H3,(H,18,19). The molecule has 1 amide bonds. The van der Waals surface area contributed by atoms with E-state index in [0.29, 0.717) is 18.8 Å². The lowest BCUT2D eigenvalue weighted by atomic mass is 10.1. The number of amides is 1. The smallest absolute Gasteiger partial charge is 0.410 e. The molecule has 3 N–H and O–H groups in total. The largest absolute Gasteiger partial charge is 0.444 e. The molecular formula is C16H22N4O2. The maximum absolute atomic E-state index is 12.1. The molecule has 0 spiro atoms. The van der Waals surface area contributed by atoms with Crippen LogP contribution in [0.4, 0.5) is 10.5 Å². The number of nitrogens with zero attached hydrogens (tertiary/aromatic N) is 2. The number of nitrogen functional groups attached to an aromatic ring is 1.